The van der Waals surface area contributed by atoms with Gasteiger partial charge in [-0.25, -0.2) is 9.78 Å². The van der Waals surface area contributed by atoms with Gasteiger partial charge < -0.3 is 9.67 Å². The number of thiophene rings is 1. The van der Waals surface area contributed by atoms with Gasteiger partial charge in [0.2, 0.25) is 0 Å². The summed E-state index contributed by atoms with van der Waals surface area (Å²) < 4.78 is 2.30. The molecule has 5 nitrogen and oxygen atoms in total. The van der Waals surface area contributed by atoms with Crippen LogP contribution in [0.5, 0.6) is 0 Å². The molecule has 0 aromatic carbocycles. The first-order valence-electron chi connectivity index (χ1n) is 8.83. The first-order chi connectivity index (χ1) is 12.6. The number of carboxylic acid groups (broad SMARTS) is 1. The number of aryl methyl sites for hydroxylation is 4. The molecule has 0 unspecified atom stereocenters. The predicted molar refractivity (Wildman–Crippen MR) is 103 cm³/mol. The third-order valence-corrected chi connectivity index (χ3v) is 5.23. The summed E-state index contributed by atoms with van der Waals surface area (Å²) in [6.07, 6.45) is 5.41. The Kier molecular flexibility index (Phi) is 5.83. The Labute approximate surface area is 157 Å². The molecule has 0 saturated heterocycles. The van der Waals surface area contributed by atoms with Gasteiger partial charge in [-0.3, -0.25) is 4.98 Å². The molecule has 3 aromatic rings. The zero-order valence-corrected chi connectivity index (χ0v) is 15.9. The van der Waals surface area contributed by atoms with Crippen molar-refractivity contribution in [3.05, 3.63) is 69.2 Å². The van der Waals surface area contributed by atoms with Crippen LogP contribution in [0.2, 0.25) is 0 Å². The van der Waals surface area contributed by atoms with E-state index in [1.165, 1.54) is 10.6 Å². The topological polar surface area (TPSA) is 68.0 Å². The van der Waals surface area contributed by atoms with Crippen LogP contribution in [0.3, 0.4) is 0 Å². The Bertz CT molecular complexity index is 885. The van der Waals surface area contributed by atoms with Crippen molar-refractivity contribution in [2.75, 3.05) is 0 Å². The Morgan fingerprint density at radius 1 is 1.31 bits per heavy atom. The lowest BCUT2D eigenvalue weighted by Gasteiger charge is -2.10. The van der Waals surface area contributed by atoms with Crippen molar-refractivity contribution in [1.29, 1.82) is 0 Å². The SMILES string of the molecule is CCc1cnc(CCCc2cc(C(=O)O)cc(C)n2)n1Cc1cccs1. The van der Waals surface area contributed by atoms with Crippen LogP contribution in [-0.2, 0) is 25.8 Å². The van der Waals surface area contributed by atoms with Crippen molar-refractivity contribution in [2.45, 2.75) is 46.1 Å². The highest BCUT2D eigenvalue weighted by Crippen LogP contribution is 2.17. The molecule has 0 bridgehead atoms. The second kappa shape index (κ2) is 8.27. The molecule has 0 saturated carbocycles. The molecule has 26 heavy (non-hydrogen) atoms. The first-order valence-corrected chi connectivity index (χ1v) is 9.71. The summed E-state index contributed by atoms with van der Waals surface area (Å²) in [7, 11) is 0. The first kappa shape index (κ1) is 18.3. The molecule has 0 aliphatic carbocycles. The second-order valence-corrected chi connectivity index (χ2v) is 7.36. The molecule has 0 amide bonds. The van der Waals surface area contributed by atoms with Gasteiger partial charge in [0.05, 0.1) is 12.1 Å². The van der Waals surface area contributed by atoms with Crippen molar-refractivity contribution in [1.82, 2.24) is 14.5 Å². The number of carboxylic acids is 1. The van der Waals surface area contributed by atoms with Gasteiger partial charge in [0, 0.05) is 34.6 Å². The summed E-state index contributed by atoms with van der Waals surface area (Å²) in [6, 6.07) is 7.50. The van der Waals surface area contributed by atoms with Crippen molar-refractivity contribution in [3.8, 4) is 0 Å². The highest BCUT2D eigenvalue weighted by Gasteiger charge is 2.11. The molecule has 0 radical (unpaired) electrons. The van der Waals surface area contributed by atoms with Crippen LogP contribution in [0.1, 0.15) is 51.5 Å². The normalized spacial score (nSPS) is 11.0. The maximum absolute atomic E-state index is 11.2. The summed E-state index contributed by atoms with van der Waals surface area (Å²) in [5, 5.41) is 11.3. The fraction of sp³-hybridized carbons (Fsp3) is 0.350. The van der Waals surface area contributed by atoms with Crippen LogP contribution < -0.4 is 0 Å². The third kappa shape index (κ3) is 4.38. The number of nitrogens with zero attached hydrogens (tertiary/aromatic N) is 3. The minimum Gasteiger partial charge on any atom is -0.478 e. The molecule has 0 aliphatic heterocycles. The molecular weight excluding hydrogens is 346 g/mol. The van der Waals surface area contributed by atoms with Crippen LogP contribution in [0.15, 0.2) is 35.8 Å². The van der Waals surface area contributed by atoms with E-state index in [2.05, 4.69) is 39.0 Å². The zero-order chi connectivity index (χ0) is 18.5. The second-order valence-electron chi connectivity index (χ2n) is 6.33. The molecule has 3 rings (SSSR count). The molecule has 3 aromatic heterocycles. The van der Waals surface area contributed by atoms with Crippen LogP contribution >= 0.6 is 11.3 Å². The Morgan fingerprint density at radius 2 is 2.15 bits per heavy atom. The van der Waals surface area contributed by atoms with E-state index in [-0.39, 0.29) is 0 Å². The van der Waals surface area contributed by atoms with E-state index in [9.17, 15) is 9.90 Å². The fourth-order valence-corrected chi connectivity index (χ4v) is 3.80. The Morgan fingerprint density at radius 3 is 2.85 bits per heavy atom. The number of hydrogen-bond donors (Lipinski definition) is 1. The van der Waals surface area contributed by atoms with Gasteiger partial charge in [-0.05, 0) is 49.8 Å². The Hall–Kier alpha value is -2.47. The minimum atomic E-state index is -0.907. The van der Waals surface area contributed by atoms with Crippen molar-refractivity contribution < 1.29 is 9.90 Å². The Balaban J connectivity index is 1.68. The van der Waals surface area contributed by atoms with Gasteiger partial charge >= 0.3 is 5.97 Å². The third-order valence-electron chi connectivity index (χ3n) is 4.36. The smallest absolute Gasteiger partial charge is 0.335 e. The largest absolute Gasteiger partial charge is 0.478 e. The number of aromatic carboxylic acids is 1. The average molecular weight is 369 g/mol. The summed E-state index contributed by atoms with van der Waals surface area (Å²) >= 11 is 1.76. The van der Waals surface area contributed by atoms with Crippen molar-refractivity contribution >= 4 is 17.3 Å². The van der Waals surface area contributed by atoms with Crippen LogP contribution in [0.25, 0.3) is 0 Å². The average Bonchev–Trinajstić information content (AvgIpc) is 3.25. The number of rotatable bonds is 8. The van der Waals surface area contributed by atoms with Gasteiger partial charge in [0.15, 0.2) is 0 Å². The van der Waals surface area contributed by atoms with E-state index in [4.69, 9.17) is 0 Å². The molecule has 136 valence electrons. The quantitative estimate of drug-likeness (QED) is 0.648. The molecule has 3 heterocycles. The van der Waals surface area contributed by atoms with E-state index in [0.29, 0.717) is 5.56 Å². The van der Waals surface area contributed by atoms with Crippen molar-refractivity contribution in [3.63, 3.8) is 0 Å². The minimum absolute atomic E-state index is 0.306. The van der Waals surface area contributed by atoms with Gasteiger partial charge in [0.25, 0.3) is 0 Å². The lowest BCUT2D eigenvalue weighted by atomic mass is 10.1. The fourth-order valence-electron chi connectivity index (χ4n) is 3.10. The van der Waals surface area contributed by atoms with Crippen LogP contribution in [0, 0.1) is 6.92 Å². The predicted octanol–water partition coefficient (Wildman–Crippen LogP) is 4.13. The number of imidazole rings is 1. The maximum atomic E-state index is 11.2. The zero-order valence-electron chi connectivity index (χ0n) is 15.1. The van der Waals surface area contributed by atoms with Crippen LogP contribution in [-0.4, -0.2) is 25.6 Å². The number of carbonyl (C=O) groups is 1. The highest BCUT2D eigenvalue weighted by atomic mass is 32.1. The van der Waals surface area contributed by atoms with Gasteiger partial charge in [0.1, 0.15) is 5.82 Å². The number of pyridine rings is 1. The van der Waals surface area contributed by atoms with Gasteiger partial charge in [-0.2, -0.15) is 0 Å². The molecule has 0 spiro atoms. The molecule has 0 aliphatic rings. The van der Waals surface area contributed by atoms with E-state index in [0.717, 1.165) is 49.4 Å². The van der Waals surface area contributed by atoms with Gasteiger partial charge in [-0.15, -0.1) is 11.3 Å². The van der Waals surface area contributed by atoms with Gasteiger partial charge in [-0.1, -0.05) is 13.0 Å². The summed E-state index contributed by atoms with van der Waals surface area (Å²) in [5.41, 5.74) is 3.12. The standard InChI is InChI=1S/C20H23N3O2S/c1-3-17-12-21-19(23(17)13-18-7-5-9-26-18)8-4-6-16-11-15(20(24)25)10-14(2)22-16/h5,7,9-12H,3-4,6,8,13H2,1-2H3,(H,24,25). The molecule has 6 heteroatoms. The summed E-state index contributed by atoms with van der Waals surface area (Å²) in [6.45, 7) is 4.84. The number of hydrogen-bond acceptors (Lipinski definition) is 4. The summed E-state index contributed by atoms with van der Waals surface area (Å²) in [5.74, 6) is 0.178. The maximum Gasteiger partial charge on any atom is 0.335 e. The number of aromatic nitrogens is 3. The molecule has 0 fully saturated rings. The van der Waals surface area contributed by atoms with Crippen molar-refractivity contribution in [2.24, 2.45) is 0 Å². The lowest BCUT2D eigenvalue weighted by molar-refractivity contribution is 0.0696. The molecule has 1 N–H and O–H groups in total. The lowest BCUT2D eigenvalue weighted by Crippen LogP contribution is -2.08. The molecule has 0 atom stereocenters. The van der Waals surface area contributed by atoms with E-state index in [1.54, 1.807) is 23.5 Å². The van der Waals surface area contributed by atoms with E-state index >= 15 is 0 Å². The summed E-state index contributed by atoms with van der Waals surface area (Å²) in [4.78, 5) is 21.6. The molecular formula is C20H23N3O2S. The van der Waals surface area contributed by atoms with E-state index < -0.39 is 5.97 Å². The van der Waals surface area contributed by atoms with E-state index in [1.807, 2.05) is 13.1 Å². The van der Waals surface area contributed by atoms with Crippen LogP contribution in [0.4, 0.5) is 0 Å². The monoisotopic (exact) mass is 369 g/mol. The highest BCUT2D eigenvalue weighted by molar-refractivity contribution is 7.09.